The Hall–Kier alpha value is -2.07. The van der Waals surface area contributed by atoms with Gasteiger partial charge in [0.1, 0.15) is 17.6 Å². The van der Waals surface area contributed by atoms with Gasteiger partial charge in [0.25, 0.3) is 0 Å². The normalized spacial score (nSPS) is 13.9. The van der Waals surface area contributed by atoms with Gasteiger partial charge in [-0.1, -0.05) is 30.3 Å². The van der Waals surface area contributed by atoms with Crippen molar-refractivity contribution in [1.82, 2.24) is 5.32 Å². The van der Waals surface area contributed by atoms with E-state index in [1.165, 1.54) is 0 Å². The van der Waals surface area contributed by atoms with Gasteiger partial charge >= 0.3 is 5.97 Å². The molecule has 0 saturated carbocycles. The molecule has 1 heterocycles. The Balaban J connectivity index is 2.21. The fourth-order valence-corrected chi connectivity index (χ4v) is 2.38. The van der Waals surface area contributed by atoms with Gasteiger partial charge in [-0.15, -0.1) is 0 Å². The lowest BCUT2D eigenvalue weighted by atomic mass is 10.0. The van der Waals surface area contributed by atoms with Crippen molar-refractivity contribution < 1.29 is 14.3 Å². The average molecular weight is 273 g/mol. The molecule has 2 rings (SSSR count). The standard InChI is InChI=1S/C16H19NO3/c1-10-9-14(12(3)20-10)11(2)17-15(16(18)19)13-7-5-4-6-8-13/h4-9,11,15,17H,1-3H3,(H,18,19). The third-order valence-corrected chi connectivity index (χ3v) is 3.34. The van der Waals surface area contributed by atoms with Crippen LogP contribution in [0.4, 0.5) is 0 Å². The van der Waals surface area contributed by atoms with Crippen molar-refractivity contribution in [3.63, 3.8) is 0 Å². The van der Waals surface area contributed by atoms with Gasteiger partial charge in [-0.2, -0.15) is 0 Å². The zero-order chi connectivity index (χ0) is 14.7. The van der Waals surface area contributed by atoms with Crippen molar-refractivity contribution >= 4 is 5.97 Å². The van der Waals surface area contributed by atoms with E-state index in [9.17, 15) is 9.90 Å². The maximum Gasteiger partial charge on any atom is 0.325 e. The number of aryl methyl sites for hydroxylation is 2. The van der Waals surface area contributed by atoms with Gasteiger partial charge < -0.3 is 9.52 Å². The zero-order valence-electron chi connectivity index (χ0n) is 11.9. The Bertz CT molecular complexity index is 589. The first-order valence-corrected chi connectivity index (χ1v) is 6.59. The maximum absolute atomic E-state index is 11.5. The molecular formula is C16H19NO3. The minimum absolute atomic E-state index is 0.103. The highest BCUT2D eigenvalue weighted by Crippen LogP contribution is 2.24. The number of benzene rings is 1. The number of nitrogens with one attached hydrogen (secondary N) is 1. The Morgan fingerprint density at radius 2 is 1.90 bits per heavy atom. The highest BCUT2D eigenvalue weighted by atomic mass is 16.4. The van der Waals surface area contributed by atoms with Crippen LogP contribution in [0, 0.1) is 13.8 Å². The summed E-state index contributed by atoms with van der Waals surface area (Å²) in [5, 5.41) is 12.6. The Labute approximate surface area is 118 Å². The summed E-state index contributed by atoms with van der Waals surface area (Å²) < 4.78 is 5.50. The van der Waals surface area contributed by atoms with E-state index in [-0.39, 0.29) is 6.04 Å². The van der Waals surface area contributed by atoms with Crippen LogP contribution in [0.15, 0.2) is 40.8 Å². The van der Waals surface area contributed by atoms with E-state index in [1.54, 1.807) is 0 Å². The number of rotatable bonds is 5. The molecule has 0 amide bonds. The molecule has 2 atom stereocenters. The van der Waals surface area contributed by atoms with E-state index >= 15 is 0 Å². The molecule has 0 bridgehead atoms. The molecule has 0 aliphatic heterocycles. The predicted octanol–water partition coefficient (Wildman–Crippen LogP) is 3.37. The molecule has 2 aromatic rings. The lowest BCUT2D eigenvalue weighted by Gasteiger charge is -2.20. The summed E-state index contributed by atoms with van der Waals surface area (Å²) in [7, 11) is 0. The van der Waals surface area contributed by atoms with Crippen LogP contribution in [0.1, 0.15) is 41.7 Å². The quantitative estimate of drug-likeness (QED) is 0.876. The van der Waals surface area contributed by atoms with Crippen LogP contribution in [0.2, 0.25) is 0 Å². The molecule has 4 heteroatoms. The van der Waals surface area contributed by atoms with Crippen LogP contribution in [0.25, 0.3) is 0 Å². The molecule has 106 valence electrons. The molecule has 0 saturated heterocycles. The van der Waals surface area contributed by atoms with Crippen molar-refractivity contribution in [3.8, 4) is 0 Å². The van der Waals surface area contributed by atoms with E-state index in [1.807, 2.05) is 57.2 Å². The molecule has 0 aliphatic rings. The van der Waals surface area contributed by atoms with Crippen LogP contribution < -0.4 is 5.32 Å². The Morgan fingerprint density at radius 3 is 2.40 bits per heavy atom. The van der Waals surface area contributed by atoms with E-state index < -0.39 is 12.0 Å². The Morgan fingerprint density at radius 1 is 1.25 bits per heavy atom. The number of hydrogen-bond acceptors (Lipinski definition) is 3. The summed E-state index contributed by atoms with van der Waals surface area (Å²) in [5.74, 6) is 0.762. The van der Waals surface area contributed by atoms with Gasteiger partial charge in [0.05, 0.1) is 0 Å². The lowest BCUT2D eigenvalue weighted by molar-refractivity contribution is -0.139. The summed E-state index contributed by atoms with van der Waals surface area (Å²) in [6, 6.07) is 10.3. The smallest absolute Gasteiger partial charge is 0.325 e. The van der Waals surface area contributed by atoms with Gasteiger partial charge in [-0.3, -0.25) is 10.1 Å². The summed E-state index contributed by atoms with van der Waals surface area (Å²) in [6.45, 7) is 5.71. The van der Waals surface area contributed by atoms with Gasteiger partial charge in [-0.05, 0) is 32.4 Å². The number of furan rings is 1. The number of carboxylic acids is 1. The summed E-state index contributed by atoms with van der Waals surface area (Å²) in [5.41, 5.74) is 1.73. The number of carboxylic acid groups (broad SMARTS) is 1. The molecule has 0 radical (unpaired) electrons. The maximum atomic E-state index is 11.5. The SMILES string of the molecule is Cc1cc(C(C)NC(C(=O)O)c2ccccc2)c(C)o1. The molecular weight excluding hydrogens is 254 g/mol. The van der Waals surface area contributed by atoms with Crippen molar-refractivity contribution in [1.29, 1.82) is 0 Å². The van der Waals surface area contributed by atoms with Crippen molar-refractivity contribution in [2.24, 2.45) is 0 Å². The van der Waals surface area contributed by atoms with E-state index in [4.69, 9.17) is 4.42 Å². The summed E-state index contributed by atoms with van der Waals surface area (Å²) in [6.07, 6.45) is 0. The van der Waals surface area contributed by atoms with Crippen LogP contribution in [0.3, 0.4) is 0 Å². The highest BCUT2D eigenvalue weighted by Gasteiger charge is 2.23. The zero-order valence-corrected chi connectivity index (χ0v) is 11.9. The first-order valence-electron chi connectivity index (χ1n) is 6.59. The molecule has 0 aliphatic carbocycles. The van der Waals surface area contributed by atoms with E-state index in [0.717, 1.165) is 22.6 Å². The Kier molecular flexibility index (Phi) is 4.25. The van der Waals surface area contributed by atoms with Crippen LogP contribution in [0.5, 0.6) is 0 Å². The molecule has 4 nitrogen and oxygen atoms in total. The lowest BCUT2D eigenvalue weighted by Crippen LogP contribution is -2.30. The molecule has 2 unspecified atom stereocenters. The third kappa shape index (κ3) is 3.08. The van der Waals surface area contributed by atoms with E-state index in [0.29, 0.717) is 0 Å². The van der Waals surface area contributed by atoms with Crippen LogP contribution in [-0.4, -0.2) is 11.1 Å². The third-order valence-electron chi connectivity index (χ3n) is 3.34. The molecule has 0 spiro atoms. The molecule has 1 aromatic heterocycles. The fraction of sp³-hybridized carbons (Fsp3) is 0.312. The minimum Gasteiger partial charge on any atom is -0.480 e. The van der Waals surface area contributed by atoms with Crippen molar-refractivity contribution in [2.45, 2.75) is 32.9 Å². The van der Waals surface area contributed by atoms with Gasteiger partial charge in [0.2, 0.25) is 0 Å². The minimum atomic E-state index is -0.888. The van der Waals surface area contributed by atoms with Crippen molar-refractivity contribution in [2.75, 3.05) is 0 Å². The number of carbonyl (C=O) groups is 1. The van der Waals surface area contributed by atoms with Crippen LogP contribution >= 0.6 is 0 Å². The first-order chi connectivity index (χ1) is 9.49. The van der Waals surface area contributed by atoms with Crippen molar-refractivity contribution in [3.05, 3.63) is 59.0 Å². The highest BCUT2D eigenvalue weighted by molar-refractivity contribution is 5.75. The molecule has 2 N–H and O–H groups in total. The largest absolute Gasteiger partial charge is 0.480 e. The second kappa shape index (κ2) is 5.92. The first kappa shape index (κ1) is 14.3. The second-order valence-corrected chi connectivity index (χ2v) is 4.94. The number of hydrogen-bond donors (Lipinski definition) is 2. The monoisotopic (exact) mass is 273 g/mol. The predicted molar refractivity (Wildman–Crippen MR) is 76.6 cm³/mol. The van der Waals surface area contributed by atoms with Crippen LogP contribution in [-0.2, 0) is 4.79 Å². The number of aliphatic carboxylic acids is 1. The summed E-state index contributed by atoms with van der Waals surface area (Å²) in [4.78, 5) is 11.5. The van der Waals surface area contributed by atoms with Gasteiger partial charge in [0, 0.05) is 11.6 Å². The average Bonchev–Trinajstić information content (AvgIpc) is 2.75. The van der Waals surface area contributed by atoms with Gasteiger partial charge in [-0.25, -0.2) is 0 Å². The molecule has 1 aromatic carbocycles. The second-order valence-electron chi connectivity index (χ2n) is 4.94. The van der Waals surface area contributed by atoms with Gasteiger partial charge in [0.15, 0.2) is 0 Å². The molecule has 0 fully saturated rings. The molecule has 20 heavy (non-hydrogen) atoms. The fourth-order valence-electron chi connectivity index (χ4n) is 2.38. The summed E-state index contributed by atoms with van der Waals surface area (Å²) >= 11 is 0. The van der Waals surface area contributed by atoms with E-state index in [2.05, 4.69) is 5.32 Å². The topological polar surface area (TPSA) is 62.5 Å².